The predicted octanol–water partition coefficient (Wildman–Crippen LogP) is 30.9. The molecule has 0 unspecified atom stereocenters. The fourth-order valence-electron chi connectivity index (χ4n) is 16.2. The molecule has 0 spiro atoms. The second-order valence-corrected chi connectivity index (χ2v) is 32.0. The van der Waals surface area contributed by atoms with Crippen molar-refractivity contribution in [3.05, 3.63) is 0 Å². The summed E-state index contributed by atoms with van der Waals surface area (Å²) in [6.45, 7) is 9.64. The van der Waals surface area contributed by atoms with Gasteiger partial charge in [0.05, 0.1) is 18.1 Å². The molecule has 1 rings (SSSR count). The molecule has 1 saturated carbocycles. The molecule has 1 aliphatic carbocycles. The van der Waals surface area contributed by atoms with E-state index in [4.69, 9.17) is 4.74 Å². The van der Waals surface area contributed by atoms with Crippen molar-refractivity contribution in [3.8, 4) is 0 Å². The minimum absolute atomic E-state index is 0.470. The first-order valence-electron chi connectivity index (χ1n) is 43.8. The Hall–Kier alpha value is -0.610. The fourth-order valence-corrected chi connectivity index (χ4v) is 16.2. The average molecular weight is 1300 g/mol. The van der Waals surface area contributed by atoms with Gasteiger partial charge in [0.2, 0.25) is 0 Å². The van der Waals surface area contributed by atoms with Crippen molar-refractivity contribution in [2.24, 2.45) is 29.6 Å². The van der Waals surface area contributed by atoms with Gasteiger partial charge in [0.25, 0.3) is 0 Å². The summed E-state index contributed by atoms with van der Waals surface area (Å²) in [7, 11) is 1.96. The lowest BCUT2D eigenvalue weighted by Crippen LogP contribution is -2.28. The topological polar surface area (TPSA) is 66.8 Å². The van der Waals surface area contributed by atoms with Gasteiger partial charge in [-0.2, -0.15) is 0 Å². The normalized spacial score (nSPS) is 15.8. The van der Waals surface area contributed by atoms with Crippen molar-refractivity contribution in [1.29, 1.82) is 0 Å². The summed E-state index contributed by atoms with van der Waals surface area (Å²) in [5.41, 5.74) is 0. The van der Waals surface area contributed by atoms with Crippen LogP contribution in [0, 0.1) is 29.6 Å². The Bertz CT molecular complexity index is 1400. The van der Waals surface area contributed by atoms with Gasteiger partial charge in [-0.1, -0.05) is 477 Å². The number of hydrogen-bond acceptors (Lipinski definition) is 3. The molecule has 0 saturated heterocycles. The summed E-state index contributed by atoms with van der Waals surface area (Å²) in [6.07, 6.45) is 103. The SMILES string of the molecule is CCCCCCCCCCCCCCCCCCCCCCCC[C@@H](C(=O)O)[C@H](O)CCCCCCCCCCCCCCCCCC[C@@H]1C[C@@H]1[C@H](C)CCCCCCCCCCCCCCCC[C@H](OC)[C@@H](C)CCCCCCCCCCCCCCCCCC. The highest BCUT2D eigenvalue weighted by Gasteiger charge is 2.39. The first-order valence-corrected chi connectivity index (χ1v) is 43.8. The Morgan fingerprint density at radius 3 is 0.815 bits per heavy atom. The maximum Gasteiger partial charge on any atom is 0.309 e. The zero-order valence-electron chi connectivity index (χ0n) is 64.3. The lowest BCUT2D eigenvalue weighted by atomic mass is 9.91. The lowest BCUT2D eigenvalue weighted by Gasteiger charge is -2.22. The number of aliphatic hydroxyl groups is 1. The van der Waals surface area contributed by atoms with Gasteiger partial charge >= 0.3 is 5.97 Å². The zero-order valence-corrected chi connectivity index (χ0v) is 64.3. The van der Waals surface area contributed by atoms with Crippen LogP contribution in [0.4, 0.5) is 0 Å². The molecule has 0 aromatic carbocycles. The van der Waals surface area contributed by atoms with Crippen molar-refractivity contribution in [3.63, 3.8) is 0 Å². The summed E-state index contributed by atoms with van der Waals surface area (Å²) in [6, 6.07) is 0. The summed E-state index contributed by atoms with van der Waals surface area (Å²) in [4.78, 5) is 12.0. The molecule has 4 nitrogen and oxygen atoms in total. The van der Waals surface area contributed by atoms with E-state index < -0.39 is 18.0 Å². The van der Waals surface area contributed by atoms with Crippen LogP contribution in [0.3, 0.4) is 0 Å². The molecule has 7 atom stereocenters. The number of ether oxygens (including phenoxy) is 1. The van der Waals surface area contributed by atoms with Gasteiger partial charge in [-0.15, -0.1) is 0 Å². The van der Waals surface area contributed by atoms with Crippen molar-refractivity contribution >= 4 is 5.97 Å². The highest BCUT2D eigenvalue weighted by Crippen LogP contribution is 2.49. The Kier molecular flexibility index (Phi) is 71.1. The minimum Gasteiger partial charge on any atom is -0.481 e. The van der Waals surface area contributed by atoms with Crippen LogP contribution >= 0.6 is 0 Å². The van der Waals surface area contributed by atoms with E-state index in [9.17, 15) is 15.0 Å². The number of rotatable bonds is 81. The van der Waals surface area contributed by atoms with Crippen LogP contribution in [0.25, 0.3) is 0 Å². The third-order valence-electron chi connectivity index (χ3n) is 23.0. The third-order valence-corrected chi connectivity index (χ3v) is 23.0. The molecule has 550 valence electrons. The second-order valence-electron chi connectivity index (χ2n) is 32.0. The number of unbranched alkanes of at least 4 members (excludes halogenated alkanes) is 64. The molecule has 0 aromatic rings. The van der Waals surface area contributed by atoms with E-state index in [0.717, 1.165) is 43.4 Å². The molecule has 1 aliphatic rings. The average Bonchev–Trinajstić information content (AvgIpc) is 1.77. The van der Waals surface area contributed by atoms with Gasteiger partial charge in [-0.3, -0.25) is 4.79 Å². The third kappa shape index (κ3) is 62.9. The summed E-state index contributed by atoms with van der Waals surface area (Å²) in [5, 5.41) is 20.6. The monoisotopic (exact) mass is 1300 g/mol. The van der Waals surface area contributed by atoms with E-state index in [-0.39, 0.29) is 0 Å². The van der Waals surface area contributed by atoms with Crippen LogP contribution < -0.4 is 0 Å². The van der Waals surface area contributed by atoms with Crippen LogP contribution in [0.2, 0.25) is 0 Å². The van der Waals surface area contributed by atoms with E-state index in [1.54, 1.807) is 0 Å². The minimum atomic E-state index is -0.798. The highest BCUT2D eigenvalue weighted by molar-refractivity contribution is 5.70. The smallest absolute Gasteiger partial charge is 0.309 e. The molecule has 0 aromatic heterocycles. The number of hydrogen-bond donors (Lipinski definition) is 2. The van der Waals surface area contributed by atoms with Gasteiger partial charge in [0, 0.05) is 7.11 Å². The molecule has 0 amide bonds. The molecule has 0 radical (unpaired) electrons. The lowest BCUT2D eigenvalue weighted by molar-refractivity contribution is -0.146. The molecule has 0 heterocycles. The van der Waals surface area contributed by atoms with Gasteiger partial charge < -0.3 is 14.9 Å². The van der Waals surface area contributed by atoms with Crippen molar-refractivity contribution in [2.45, 2.75) is 521 Å². The Balaban J connectivity index is 1.78. The van der Waals surface area contributed by atoms with Crippen LogP contribution in [0.5, 0.6) is 0 Å². The Morgan fingerprint density at radius 1 is 0.315 bits per heavy atom. The van der Waals surface area contributed by atoms with Crippen LogP contribution in [0.1, 0.15) is 509 Å². The largest absolute Gasteiger partial charge is 0.481 e. The number of methoxy groups -OCH3 is 1. The van der Waals surface area contributed by atoms with Gasteiger partial charge in [0.1, 0.15) is 0 Å². The molecule has 4 heteroatoms. The number of carboxylic acids is 1. The van der Waals surface area contributed by atoms with Crippen molar-refractivity contribution < 1.29 is 19.7 Å². The van der Waals surface area contributed by atoms with E-state index >= 15 is 0 Å². The maximum atomic E-state index is 12.0. The number of aliphatic hydroxyl groups excluding tert-OH is 1. The molecule has 92 heavy (non-hydrogen) atoms. The van der Waals surface area contributed by atoms with E-state index in [1.807, 2.05) is 7.11 Å². The van der Waals surface area contributed by atoms with Gasteiger partial charge in [-0.25, -0.2) is 0 Å². The summed E-state index contributed by atoms with van der Waals surface area (Å²) in [5.74, 6) is 2.42. The second kappa shape index (κ2) is 73.1. The van der Waals surface area contributed by atoms with Crippen LogP contribution in [0.15, 0.2) is 0 Å². The van der Waals surface area contributed by atoms with Crippen LogP contribution in [-0.2, 0) is 9.53 Å². The zero-order chi connectivity index (χ0) is 66.4. The van der Waals surface area contributed by atoms with Crippen molar-refractivity contribution in [2.75, 3.05) is 7.11 Å². The molecule has 2 N–H and O–H groups in total. The summed E-state index contributed by atoms with van der Waals surface area (Å²) >= 11 is 0. The molecular formula is C88H174O4. The fraction of sp³-hybridized carbons (Fsp3) is 0.989. The van der Waals surface area contributed by atoms with E-state index in [2.05, 4.69) is 27.7 Å². The van der Waals surface area contributed by atoms with E-state index in [0.29, 0.717) is 24.9 Å². The van der Waals surface area contributed by atoms with Crippen molar-refractivity contribution in [1.82, 2.24) is 0 Å². The first kappa shape index (κ1) is 89.4. The number of carbonyl (C=O) groups is 1. The Labute approximate surface area is 580 Å². The van der Waals surface area contributed by atoms with Gasteiger partial charge in [-0.05, 0) is 55.8 Å². The summed E-state index contributed by atoms with van der Waals surface area (Å²) < 4.78 is 5.99. The maximum absolute atomic E-state index is 12.0. The quantitative estimate of drug-likeness (QED) is 0.0596. The van der Waals surface area contributed by atoms with Crippen LogP contribution in [-0.4, -0.2) is 35.5 Å². The van der Waals surface area contributed by atoms with Gasteiger partial charge in [0.15, 0.2) is 0 Å². The van der Waals surface area contributed by atoms with E-state index in [1.165, 1.54) is 443 Å². The molecular weight excluding hydrogens is 1120 g/mol. The molecule has 0 aliphatic heterocycles. The molecule has 1 fully saturated rings. The predicted molar refractivity (Wildman–Crippen MR) is 411 cm³/mol. The number of aliphatic carboxylic acids is 1. The Morgan fingerprint density at radius 2 is 0.543 bits per heavy atom. The highest BCUT2D eigenvalue weighted by atomic mass is 16.5. The molecule has 0 bridgehead atoms. The number of carboxylic acid groups (broad SMARTS) is 1. The standard InChI is InChI=1S/C88H174O4/c1-6-8-10-12-14-16-18-20-22-24-25-26-27-28-29-34-41-47-53-59-65-71-77-84(88(90)91)86(89)78-72-66-60-54-48-42-35-31-30-33-40-46-52-58-64-70-76-83-80-85(83)81(3)74-68-62-56-50-44-38-36-37-43-49-55-61-67-73-79-87(92-5)82(4)75-69-63-57-51-45-39-32-23-21-19-17-15-13-11-9-7-2/h81-87,89H,6-80H2,1-5H3,(H,90,91)/t81-,82+,83-,84-,85-,86-,87+/m1/s1. The first-order chi connectivity index (χ1) is 45.3.